The van der Waals surface area contributed by atoms with E-state index < -0.39 is 0 Å². The van der Waals surface area contributed by atoms with Gasteiger partial charge in [-0.25, -0.2) is 4.79 Å². The summed E-state index contributed by atoms with van der Waals surface area (Å²) in [7, 11) is 1.60. The fourth-order valence-corrected chi connectivity index (χ4v) is 3.76. The van der Waals surface area contributed by atoms with Gasteiger partial charge in [0.25, 0.3) is 0 Å². The van der Waals surface area contributed by atoms with Crippen molar-refractivity contribution in [2.75, 3.05) is 44.7 Å². The van der Waals surface area contributed by atoms with Crippen LogP contribution < -0.4 is 20.3 Å². The van der Waals surface area contributed by atoms with E-state index in [4.69, 9.17) is 4.74 Å². The number of nitrogens with zero attached hydrogens (tertiary/aromatic N) is 2. The zero-order valence-electron chi connectivity index (χ0n) is 16.1. The number of nitrogens with one attached hydrogen (secondary N) is 2. The highest BCUT2D eigenvalue weighted by molar-refractivity contribution is 5.97. The van der Waals surface area contributed by atoms with E-state index in [0.717, 1.165) is 18.7 Å². The molecule has 7 nitrogen and oxygen atoms in total. The fourth-order valence-electron chi connectivity index (χ4n) is 3.76. The number of ether oxygens (including phenoxy) is 1. The van der Waals surface area contributed by atoms with Crippen LogP contribution in [0.5, 0.6) is 5.75 Å². The third-order valence-corrected chi connectivity index (χ3v) is 5.21. The molecule has 1 aromatic rings. The molecule has 2 aliphatic rings. The summed E-state index contributed by atoms with van der Waals surface area (Å²) in [5.41, 5.74) is 0.797. The topological polar surface area (TPSA) is 73.9 Å². The normalized spacial score (nSPS) is 20.6. The molecule has 0 aromatic heterocycles. The molecule has 2 N–H and O–H groups in total. The lowest BCUT2D eigenvalue weighted by Crippen LogP contribution is -2.44. The second-order valence-corrected chi connectivity index (χ2v) is 7.26. The first-order chi connectivity index (χ1) is 13.2. The first-order valence-electron chi connectivity index (χ1n) is 9.87. The number of benzene rings is 1. The number of hydrogen-bond donors (Lipinski definition) is 2. The van der Waals surface area contributed by atoms with Gasteiger partial charge in [-0.15, -0.1) is 0 Å². The minimum atomic E-state index is -0.195. The van der Waals surface area contributed by atoms with Crippen LogP contribution in [0.4, 0.5) is 10.5 Å². The van der Waals surface area contributed by atoms with Crippen molar-refractivity contribution < 1.29 is 14.3 Å². The number of carbonyl (C=O) groups is 2. The smallest absolute Gasteiger partial charge is 0.315 e. The van der Waals surface area contributed by atoms with Gasteiger partial charge in [0.1, 0.15) is 5.75 Å². The third-order valence-electron chi connectivity index (χ3n) is 5.21. The van der Waals surface area contributed by atoms with Crippen LogP contribution in [0.1, 0.15) is 32.1 Å². The fraction of sp³-hybridized carbons (Fsp3) is 0.600. The summed E-state index contributed by atoms with van der Waals surface area (Å²) in [4.78, 5) is 28.6. The minimum Gasteiger partial charge on any atom is -0.497 e. The number of likely N-dealkylation sites (tertiary alicyclic amines) is 1. The Morgan fingerprint density at radius 3 is 2.85 bits per heavy atom. The van der Waals surface area contributed by atoms with E-state index in [-0.39, 0.29) is 18.0 Å². The summed E-state index contributed by atoms with van der Waals surface area (Å²) < 4.78 is 5.22. The molecular weight excluding hydrogens is 344 g/mol. The maximum atomic E-state index is 12.3. The van der Waals surface area contributed by atoms with Gasteiger partial charge in [-0.3, -0.25) is 4.79 Å². The molecule has 1 atom stereocenters. The number of piperidine rings is 1. The highest BCUT2D eigenvalue weighted by Gasteiger charge is 2.31. The molecule has 2 saturated heterocycles. The van der Waals surface area contributed by atoms with Crippen LogP contribution >= 0.6 is 0 Å². The average Bonchev–Trinajstić information content (AvgIpc) is 3.06. The van der Waals surface area contributed by atoms with Crippen molar-refractivity contribution in [1.29, 1.82) is 0 Å². The van der Waals surface area contributed by atoms with Gasteiger partial charge in [-0.1, -0.05) is 12.5 Å². The molecule has 0 aliphatic carbocycles. The number of hydrogen-bond acceptors (Lipinski definition) is 4. The maximum absolute atomic E-state index is 12.3. The number of amides is 3. The van der Waals surface area contributed by atoms with Crippen LogP contribution in [0.15, 0.2) is 24.3 Å². The molecule has 1 aromatic carbocycles. The summed E-state index contributed by atoms with van der Waals surface area (Å²) in [6.07, 6.45) is 5.18. The number of urea groups is 1. The number of carbonyl (C=O) groups excluding carboxylic acids is 2. The summed E-state index contributed by atoms with van der Waals surface area (Å²) in [6, 6.07) is 7.04. The Labute approximate surface area is 161 Å². The van der Waals surface area contributed by atoms with E-state index >= 15 is 0 Å². The van der Waals surface area contributed by atoms with Crippen LogP contribution in [0.25, 0.3) is 0 Å². The Hall–Kier alpha value is -2.28. The Bertz CT molecular complexity index is 646. The first kappa shape index (κ1) is 19.5. The lowest BCUT2D eigenvalue weighted by atomic mass is 10.1. The monoisotopic (exact) mass is 374 g/mol. The van der Waals surface area contributed by atoms with Crippen molar-refractivity contribution in [3.63, 3.8) is 0 Å². The van der Waals surface area contributed by atoms with Crippen molar-refractivity contribution >= 4 is 17.6 Å². The van der Waals surface area contributed by atoms with Gasteiger partial charge < -0.3 is 25.2 Å². The van der Waals surface area contributed by atoms with Crippen LogP contribution in [-0.4, -0.2) is 62.7 Å². The van der Waals surface area contributed by atoms with E-state index in [0.29, 0.717) is 25.3 Å². The van der Waals surface area contributed by atoms with Crippen LogP contribution in [0.3, 0.4) is 0 Å². The molecule has 7 heteroatoms. The summed E-state index contributed by atoms with van der Waals surface area (Å²) in [5, 5.41) is 5.83. The second-order valence-electron chi connectivity index (χ2n) is 7.26. The quantitative estimate of drug-likeness (QED) is 0.716. The molecule has 2 aliphatic heterocycles. The van der Waals surface area contributed by atoms with Gasteiger partial charge >= 0.3 is 6.03 Å². The highest BCUT2D eigenvalue weighted by Crippen LogP contribution is 2.25. The van der Waals surface area contributed by atoms with E-state index in [2.05, 4.69) is 15.5 Å². The standard InChI is InChI=1S/C20H30N4O3/c1-27-18-8-5-7-17(14-18)24-15-16(13-19(24)25)22-20(26)21-9-6-12-23-10-3-2-4-11-23/h5,7-8,14,16H,2-4,6,9-13,15H2,1H3,(H2,21,22,26). The molecule has 2 heterocycles. The van der Waals surface area contributed by atoms with Gasteiger partial charge in [0.15, 0.2) is 0 Å². The third kappa shape index (κ3) is 5.60. The van der Waals surface area contributed by atoms with Gasteiger partial charge in [0, 0.05) is 31.3 Å². The molecule has 0 radical (unpaired) electrons. The van der Waals surface area contributed by atoms with Crippen molar-refractivity contribution in [3.05, 3.63) is 24.3 Å². The number of anilines is 1. The number of methoxy groups -OCH3 is 1. The Kier molecular flexibility index (Phi) is 6.92. The van der Waals surface area contributed by atoms with Crippen molar-refractivity contribution in [1.82, 2.24) is 15.5 Å². The van der Waals surface area contributed by atoms with Crippen LogP contribution in [0.2, 0.25) is 0 Å². The lowest BCUT2D eigenvalue weighted by Gasteiger charge is -2.26. The predicted octanol–water partition coefficient (Wildman–Crippen LogP) is 1.98. The largest absolute Gasteiger partial charge is 0.497 e. The van der Waals surface area contributed by atoms with Crippen molar-refractivity contribution in [2.24, 2.45) is 0 Å². The number of rotatable bonds is 7. The van der Waals surface area contributed by atoms with E-state index in [1.165, 1.54) is 32.4 Å². The molecule has 0 saturated carbocycles. The Morgan fingerprint density at radius 1 is 1.26 bits per heavy atom. The second kappa shape index (κ2) is 9.60. The zero-order chi connectivity index (χ0) is 19.1. The first-order valence-corrected chi connectivity index (χ1v) is 9.87. The average molecular weight is 374 g/mol. The van der Waals surface area contributed by atoms with Crippen molar-refractivity contribution in [3.8, 4) is 5.75 Å². The zero-order valence-corrected chi connectivity index (χ0v) is 16.1. The van der Waals surface area contributed by atoms with Gasteiger partial charge in [-0.05, 0) is 51.0 Å². The molecule has 148 valence electrons. The van der Waals surface area contributed by atoms with Crippen LogP contribution in [0, 0.1) is 0 Å². The molecule has 3 amide bonds. The Balaban J connectivity index is 1.39. The maximum Gasteiger partial charge on any atom is 0.315 e. The minimum absolute atomic E-state index is 0.0126. The van der Waals surface area contributed by atoms with E-state index in [1.54, 1.807) is 12.0 Å². The van der Waals surface area contributed by atoms with E-state index in [1.807, 2.05) is 24.3 Å². The van der Waals surface area contributed by atoms with Crippen molar-refractivity contribution in [2.45, 2.75) is 38.1 Å². The van der Waals surface area contributed by atoms with Gasteiger partial charge in [0.05, 0.1) is 13.2 Å². The summed E-state index contributed by atoms with van der Waals surface area (Å²) in [6.45, 7) is 4.52. The molecule has 0 spiro atoms. The van der Waals surface area contributed by atoms with E-state index in [9.17, 15) is 9.59 Å². The molecule has 27 heavy (non-hydrogen) atoms. The molecule has 1 unspecified atom stereocenters. The molecule has 2 fully saturated rings. The SMILES string of the molecule is COc1cccc(N2CC(NC(=O)NCCCN3CCCCC3)CC2=O)c1. The predicted molar refractivity (Wildman–Crippen MR) is 105 cm³/mol. The molecular formula is C20H30N4O3. The summed E-state index contributed by atoms with van der Waals surface area (Å²) >= 11 is 0. The molecule has 3 rings (SSSR count). The summed E-state index contributed by atoms with van der Waals surface area (Å²) in [5.74, 6) is 0.724. The lowest BCUT2D eigenvalue weighted by molar-refractivity contribution is -0.117. The Morgan fingerprint density at radius 2 is 2.07 bits per heavy atom. The van der Waals surface area contributed by atoms with Gasteiger partial charge in [-0.2, -0.15) is 0 Å². The highest BCUT2D eigenvalue weighted by atomic mass is 16.5. The molecule has 0 bridgehead atoms. The van der Waals surface area contributed by atoms with Gasteiger partial charge in [0.2, 0.25) is 5.91 Å². The van der Waals surface area contributed by atoms with Crippen LogP contribution in [-0.2, 0) is 4.79 Å².